The quantitative estimate of drug-likeness (QED) is 0.483. The molecule has 1 aromatic rings. The van der Waals surface area contributed by atoms with Crippen molar-refractivity contribution in [1.29, 1.82) is 0 Å². The van der Waals surface area contributed by atoms with Crippen molar-refractivity contribution in [1.82, 2.24) is 0 Å². The summed E-state index contributed by atoms with van der Waals surface area (Å²) in [4.78, 5) is 12.1. The Morgan fingerprint density at radius 2 is 2.00 bits per heavy atom. The number of hydrogen-bond donors (Lipinski definition) is 3. The molecule has 0 aliphatic heterocycles. The van der Waals surface area contributed by atoms with Gasteiger partial charge in [0, 0.05) is 19.6 Å². The zero-order valence-corrected chi connectivity index (χ0v) is 13.1. The van der Waals surface area contributed by atoms with Crippen LogP contribution in [-0.2, 0) is 4.79 Å². The number of carbonyl (C=O) groups excluding carboxylic acids is 1. The number of aliphatic hydroxyl groups excluding tert-OH is 1. The van der Waals surface area contributed by atoms with E-state index in [2.05, 4.69) is 22.8 Å². The van der Waals surface area contributed by atoms with Gasteiger partial charge in [-0.05, 0) is 50.2 Å². The van der Waals surface area contributed by atoms with E-state index in [4.69, 9.17) is 5.11 Å². The summed E-state index contributed by atoms with van der Waals surface area (Å²) in [6.45, 7) is 1.10. The molecule has 4 nitrogen and oxygen atoms in total. The summed E-state index contributed by atoms with van der Waals surface area (Å²) >= 11 is 0. The minimum absolute atomic E-state index is 0.0751. The first-order valence-corrected chi connectivity index (χ1v) is 8.20. The molecule has 0 fully saturated rings. The van der Waals surface area contributed by atoms with E-state index in [9.17, 15) is 4.79 Å². The maximum Gasteiger partial charge on any atom is 0.225 e. The Balaban J connectivity index is 1.81. The lowest BCUT2D eigenvalue weighted by atomic mass is 10.0. The third kappa shape index (κ3) is 5.53. The van der Waals surface area contributed by atoms with Crippen LogP contribution in [0.4, 0.5) is 11.4 Å². The second-order valence-corrected chi connectivity index (χ2v) is 5.77. The number of hydrogen-bond acceptors (Lipinski definition) is 3. The summed E-state index contributed by atoms with van der Waals surface area (Å²) in [5.74, 6) is 0.463. The van der Waals surface area contributed by atoms with Gasteiger partial charge in [-0.25, -0.2) is 0 Å². The van der Waals surface area contributed by atoms with Crippen molar-refractivity contribution in [3.05, 3.63) is 36.4 Å². The minimum Gasteiger partial charge on any atom is -0.396 e. The topological polar surface area (TPSA) is 61.4 Å². The first-order chi connectivity index (χ1) is 10.8. The molecule has 1 aliphatic carbocycles. The van der Waals surface area contributed by atoms with Crippen molar-refractivity contribution in [2.45, 2.75) is 38.5 Å². The lowest BCUT2D eigenvalue weighted by Crippen LogP contribution is -2.16. The molecule has 4 heteroatoms. The van der Waals surface area contributed by atoms with Crippen molar-refractivity contribution in [3.63, 3.8) is 0 Å². The highest BCUT2D eigenvalue weighted by atomic mass is 16.2. The van der Waals surface area contributed by atoms with Crippen LogP contribution in [0.5, 0.6) is 0 Å². The molecule has 0 heterocycles. The Morgan fingerprint density at radius 1 is 1.18 bits per heavy atom. The Labute approximate surface area is 132 Å². The van der Waals surface area contributed by atoms with E-state index in [0.29, 0.717) is 12.3 Å². The summed E-state index contributed by atoms with van der Waals surface area (Å²) < 4.78 is 0. The van der Waals surface area contributed by atoms with Crippen LogP contribution in [0.1, 0.15) is 38.5 Å². The summed E-state index contributed by atoms with van der Waals surface area (Å²) in [6.07, 6.45) is 9.88. The molecule has 1 aromatic carbocycles. The molecule has 1 amide bonds. The zero-order valence-electron chi connectivity index (χ0n) is 13.1. The van der Waals surface area contributed by atoms with E-state index in [1.165, 1.54) is 0 Å². The molecule has 22 heavy (non-hydrogen) atoms. The second-order valence-electron chi connectivity index (χ2n) is 5.77. The molecule has 1 aliphatic rings. The van der Waals surface area contributed by atoms with Crippen LogP contribution in [0.25, 0.3) is 0 Å². The van der Waals surface area contributed by atoms with Crippen LogP contribution in [0.15, 0.2) is 36.4 Å². The Morgan fingerprint density at radius 3 is 2.73 bits per heavy atom. The van der Waals surface area contributed by atoms with Crippen molar-refractivity contribution in [2.75, 3.05) is 23.8 Å². The van der Waals surface area contributed by atoms with Gasteiger partial charge < -0.3 is 15.7 Å². The molecule has 0 saturated heterocycles. The Kier molecular flexibility index (Phi) is 6.97. The van der Waals surface area contributed by atoms with Gasteiger partial charge in [0.2, 0.25) is 5.91 Å². The van der Waals surface area contributed by atoms with Gasteiger partial charge in [0.15, 0.2) is 0 Å². The van der Waals surface area contributed by atoms with Crippen molar-refractivity contribution in [2.24, 2.45) is 5.92 Å². The maximum absolute atomic E-state index is 12.1. The molecule has 3 N–H and O–H groups in total. The predicted molar refractivity (Wildman–Crippen MR) is 91.0 cm³/mol. The highest BCUT2D eigenvalue weighted by Gasteiger charge is 2.14. The summed E-state index contributed by atoms with van der Waals surface area (Å²) in [5, 5.41) is 15.1. The molecule has 0 bridgehead atoms. The molecule has 1 unspecified atom stereocenters. The number of carbonyl (C=O) groups is 1. The highest BCUT2D eigenvalue weighted by Crippen LogP contribution is 2.24. The van der Waals surface area contributed by atoms with Gasteiger partial charge in [0.1, 0.15) is 0 Å². The third-order valence-corrected chi connectivity index (χ3v) is 3.91. The molecule has 0 aromatic heterocycles. The summed E-state index contributed by atoms with van der Waals surface area (Å²) in [5.41, 5.74) is 1.80. The van der Waals surface area contributed by atoms with Crippen LogP contribution in [-0.4, -0.2) is 24.2 Å². The van der Waals surface area contributed by atoms with E-state index in [1.807, 2.05) is 24.3 Å². The average molecular weight is 302 g/mol. The lowest BCUT2D eigenvalue weighted by molar-refractivity contribution is -0.116. The molecule has 0 saturated carbocycles. The molecule has 0 spiro atoms. The van der Waals surface area contributed by atoms with E-state index >= 15 is 0 Å². The van der Waals surface area contributed by atoms with Crippen LogP contribution >= 0.6 is 0 Å². The van der Waals surface area contributed by atoms with Crippen molar-refractivity contribution in [3.8, 4) is 0 Å². The second kappa shape index (κ2) is 9.26. The summed E-state index contributed by atoms with van der Waals surface area (Å²) in [7, 11) is 0. The monoisotopic (exact) mass is 302 g/mol. The molecular weight excluding hydrogens is 276 g/mol. The van der Waals surface area contributed by atoms with Crippen LogP contribution in [0, 0.1) is 5.92 Å². The minimum atomic E-state index is 0.0751. The number of anilines is 2. The number of unbranched alkanes of at least 4 members (excludes halogenated alkanes) is 2. The number of para-hydroxylation sites is 2. The highest BCUT2D eigenvalue weighted by molar-refractivity contribution is 5.94. The van der Waals surface area contributed by atoms with Crippen molar-refractivity contribution >= 4 is 17.3 Å². The maximum atomic E-state index is 12.1. The van der Waals surface area contributed by atoms with Gasteiger partial charge in [-0.3, -0.25) is 4.79 Å². The number of rotatable bonds is 9. The van der Waals surface area contributed by atoms with Crippen LogP contribution < -0.4 is 10.6 Å². The molecule has 120 valence electrons. The number of allylic oxidation sites excluding steroid dienone is 2. The van der Waals surface area contributed by atoms with Gasteiger partial charge in [-0.1, -0.05) is 24.3 Å². The van der Waals surface area contributed by atoms with E-state index < -0.39 is 0 Å². The first-order valence-electron chi connectivity index (χ1n) is 8.20. The molecule has 2 rings (SSSR count). The van der Waals surface area contributed by atoms with Gasteiger partial charge in [0.05, 0.1) is 11.4 Å². The fourth-order valence-corrected chi connectivity index (χ4v) is 2.69. The fraction of sp³-hybridized carbons (Fsp3) is 0.500. The van der Waals surface area contributed by atoms with Gasteiger partial charge in [-0.15, -0.1) is 0 Å². The number of nitrogens with one attached hydrogen (secondary N) is 2. The van der Waals surface area contributed by atoms with E-state index in [-0.39, 0.29) is 12.5 Å². The van der Waals surface area contributed by atoms with E-state index in [0.717, 1.165) is 50.0 Å². The van der Waals surface area contributed by atoms with E-state index in [1.54, 1.807) is 0 Å². The van der Waals surface area contributed by atoms with Gasteiger partial charge in [0.25, 0.3) is 0 Å². The SMILES string of the molecule is O=C(CC1C=CCC1)Nc1ccccc1NCCCCCO. The average Bonchev–Trinajstić information content (AvgIpc) is 3.01. The molecular formula is C18H26N2O2. The predicted octanol–water partition coefficient (Wildman–Crippen LogP) is 3.56. The normalized spacial score (nSPS) is 16.7. The first kappa shape index (κ1) is 16.6. The molecule has 0 radical (unpaired) electrons. The smallest absolute Gasteiger partial charge is 0.225 e. The summed E-state index contributed by atoms with van der Waals surface area (Å²) in [6, 6.07) is 7.81. The Bertz CT molecular complexity index is 500. The van der Waals surface area contributed by atoms with Gasteiger partial charge >= 0.3 is 0 Å². The fourth-order valence-electron chi connectivity index (χ4n) is 2.69. The number of benzene rings is 1. The Hall–Kier alpha value is -1.81. The third-order valence-electron chi connectivity index (χ3n) is 3.91. The van der Waals surface area contributed by atoms with Gasteiger partial charge in [-0.2, -0.15) is 0 Å². The van der Waals surface area contributed by atoms with Crippen molar-refractivity contribution < 1.29 is 9.90 Å². The van der Waals surface area contributed by atoms with Crippen LogP contribution in [0.2, 0.25) is 0 Å². The zero-order chi connectivity index (χ0) is 15.6. The standard InChI is InChI=1S/C18H26N2O2/c21-13-7-1-6-12-19-16-10-4-5-11-17(16)20-18(22)14-15-8-2-3-9-15/h2,4-5,8,10-11,15,19,21H,1,3,6-7,9,12-14H2,(H,20,22). The van der Waals surface area contributed by atoms with Crippen LogP contribution in [0.3, 0.4) is 0 Å². The lowest BCUT2D eigenvalue weighted by Gasteiger charge is -2.14. The largest absolute Gasteiger partial charge is 0.396 e. The number of amides is 1. The molecule has 1 atom stereocenters. The number of aliphatic hydroxyl groups is 1.